The summed E-state index contributed by atoms with van der Waals surface area (Å²) in [7, 11) is 1.49. The summed E-state index contributed by atoms with van der Waals surface area (Å²) in [6, 6.07) is 0. The van der Waals surface area contributed by atoms with Crippen molar-refractivity contribution in [1.29, 1.82) is 0 Å². The normalized spacial score (nSPS) is 9.27. The van der Waals surface area contributed by atoms with E-state index in [1.165, 1.54) is 18.4 Å². The number of ether oxygens (including phenoxy) is 1. The Labute approximate surface area is 75.7 Å². The Hall–Kier alpha value is -0.620. The molecule has 11 heavy (non-hydrogen) atoms. The van der Waals surface area contributed by atoms with Crippen molar-refractivity contribution in [2.24, 2.45) is 0 Å². The number of thiazole rings is 1. The van der Waals surface area contributed by atoms with Crippen LogP contribution >= 0.6 is 27.3 Å². The van der Waals surface area contributed by atoms with Gasteiger partial charge in [-0.2, -0.15) is 0 Å². The Morgan fingerprint density at radius 2 is 2.64 bits per heavy atom. The van der Waals surface area contributed by atoms with E-state index in [0.29, 0.717) is 5.19 Å². The molecule has 0 saturated carbocycles. The first kappa shape index (κ1) is 8.48. The summed E-state index contributed by atoms with van der Waals surface area (Å²) in [4.78, 5) is 14.4. The lowest BCUT2D eigenvalue weighted by Crippen LogP contribution is -2.21. The van der Waals surface area contributed by atoms with Gasteiger partial charge in [0, 0.05) is 7.05 Å². The smallest absolute Gasteiger partial charge is 0.381 e. The Kier molecular flexibility index (Phi) is 2.84. The van der Waals surface area contributed by atoms with Crippen LogP contribution in [0.5, 0.6) is 5.19 Å². The summed E-state index contributed by atoms with van der Waals surface area (Å²) in [5, 5.41) is 2.64. The topological polar surface area (TPSA) is 51.2 Å². The number of nitrogens with zero attached hydrogens (tertiary/aromatic N) is 1. The number of carbonyl (C=O) groups is 1. The van der Waals surface area contributed by atoms with E-state index in [0.717, 1.165) is 3.79 Å². The predicted octanol–water partition coefficient (Wildman–Crippen LogP) is 1.62. The standard InChI is InChI=1S/C5H5BrN2O2S/c1-7-4(9)10-5-8-2-3(6)11-5/h2H,1H3,(H,7,9). The molecule has 60 valence electrons. The van der Waals surface area contributed by atoms with Crippen molar-refractivity contribution in [2.75, 3.05) is 7.05 Å². The first-order valence-electron chi connectivity index (χ1n) is 2.73. The molecule has 1 N–H and O–H groups in total. The van der Waals surface area contributed by atoms with Crippen molar-refractivity contribution in [3.8, 4) is 5.19 Å². The van der Waals surface area contributed by atoms with Gasteiger partial charge in [0.05, 0.1) is 9.98 Å². The number of rotatable bonds is 1. The van der Waals surface area contributed by atoms with Crippen LogP contribution in [-0.4, -0.2) is 18.1 Å². The lowest BCUT2D eigenvalue weighted by atomic mass is 11.0. The average molecular weight is 237 g/mol. The van der Waals surface area contributed by atoms with Crippen molar-refractivity contribution < 1.29 is 9.53 Å². The second kappa shape index (κ2) is 3.68. The van der Waals surface area contributed by atoms with E-state index < -0.39 is 6.09 Å². The molecule has 0 atom stereocenters. The molecule has 1 aromatic heterocycles. The van der Waals surface area contributed by atoms with Gasteiger partial charge >= 0.3 is 6.09 Å². The maximum Gasteiger partial charge on any atom is 0.414 e. The number of hydrogen-bond donors (Lipinski definition) is 1. The molecule has 1 rings (SSSR count). The third-order valence-corrected chi connectivity index (χ3v) is 2.19. The van der Waals surface area contributed by atoms with Gasteiger partial charge in [-0.3, -0.25) is 0 Å². The fourth-order valence-corrected chi connectivity index (χ4v) is 1.43. The minimum absolute atomic E-state index is 0.330. The predicted molar refractivity (Wildman–Crippen MR) is 44.9 cm³/mol. The highest BCUT2D eigenvalue weighted by Gasteiger charge is 2.04. The lowest BCUT2D eigenvalue weighted by molar-refractivity contribution is 0.203. The summed E-state index contributed by atoms with van der Waals surface area (Å²) in [5.41, 5.74) is 0. The summed E-state index contributed by atoms with van der Waals surface area (Å²) in [5.74, 6) is 0. The number of halogens is 1. The number of aromatic nitrogens is 1. The maximum atomic E-state index is 10.6. The van der Waals surface area contributed by atoms with Gasteiger partial charge in [0.25, 0.3) is 5.19 Å². The third kappa shape index (κ3) is 2.47. The first-order chi connectivity index (χ1) is 5.22. The Balaban J connectivity index is 2.57. The molecular formula is C5H5BrN2O2S. The number of nitrogens with one attached hydrogen (secondary N) is 1. The van der Waals surface area contributed by atoms with Crippen LogP contribution in [0, 0.1) is 0 Å². The molecular weight excluding hydrogens is 232 g/mol. The molecule has 0 aliphatic rings. The van der Waals surface area contributed by atoms with Crippen molar-refractivity contribution in [2.45, 2.75) is 0 Å². The first-order valence-corrected chi connectivity index (χ1v) is 4.34. The zero-order valence-electron chi connectivity index (χ0n) is 5.63. The second-order valence-corrected chi connectivity index (χ2v) is 3.94. The number of amides is 1. The molecule has 1 heterocycles. The highest BCUT2D eigenvalue weighted by atomic mass is 79.9. The van der Waals surface area contributed by atoms with Crippen molar-refractivity contribution in [3.63, 3.8) is 0 Å². The molecule has 0 spiro atoms. The van der Waals surface area contributed by atoms with Crippen LogP contribution in [0.2, 0.25) is 0 Å². The molecule has 0 bridgehead atoms. The quantitative estimate of drug-likeness (QED) is 0.807. The van der Waals surface area contributed by atoms with E-state index >= 15 is 0 Å². The fraction of sp³-hybridized carbons (Fsp3) is 0.200. The second-order valence-electron chi connectivity index (χ2n) is 1.57. The summed E-state index contributed by atoms with van der Waals surface area (Å²) < 4.78 is 5.54. The molecule has 0 saturated heterocycles. The largest absolute Gasteiger partial charge is 0.414 e. The maximum absolute atomic E-state index is 10.6. The van der Waals surface area contributed by atoms with E-state index in [1.54, 1.807) is 6.20 Å². The monoisotopic (exact) mass is 236 g/mol. The summed E-state index contributed by atoms with van der Waals surface area (Å²) in [6.45, 7) is 0. The summed E-state index contributed by atoms with van der Waals surface area (Å²) >= 11 is 4.44. The van der Waals surface area contributed by atoms with Gasteiger partial charge in [-0.05, 0) is 15.9 Å². The Morgan fingerprint density at radius 1 is 1.91 bits per heavy atom. The fourth-order valence-electron chi connectivity index (χ4n) is 0.417. The van der Waals surface area contributed by atoms with Crippen LogP contribution in [0.1, 0.15) is 0 Å². The summed E-state index contributed by atoms with van der Waals surface area (Å²) in [6.07, 6.45) is 1.06. The van der Waals surface area contributed by atoms with Gasteiger partial charge in [0.2, 0.25) is 0 Å². The Bertz CT molecular complexity index is 263. The van der Waals surface area contributed by atoms with Crippen LogP contribution in [-0.2, 0) is 0 Å². The van der Waals surface area contributed by atoms with E-state index in [1.807, 2.05) is 0 Å². The third-order valence-electron chi connectivity index (χ3n) is 0.840. The SMILES string of the molecule is CNC(=O)Oc1ncc(Br)s1. The number of carbonyl (C=O) groups excluding carboxylic acids is 1. The molecule has 4 nitrogen and oxygen atoms in total. The molecule has 0 aliphatic heterocycles. The van der Waals surface area contributed by atoms with E-state index in [9.17, 15) is 4.79 Å². The molecule has 0 aliphatic carbocycles. The molecule has 6 heteroatoms. The van der Waals surface area contributed by atoms with Crippen LogP contribution in [0.4, 0.5) is 4.79 Å². The zero-order chi connectivity index (χ0) is 8.27. The highest BCUT2D eigenvalue weighted by molar-refractivity contribution is 9.11. The minimum Gasteiger partial charge on any atom is -0.381 e. The lowest BCUT2D eigenvalue weighted by Gasteiger charge is -1.95. The van der Waals surface area contributed by atoms with Crippen LogP contribution in [0.15, 0.2) is 9.98 Å². The van der Waals surface area contributed by atoms with Gasteiger partial charge in [0.1, 0.15) is 0 Å². The molecule has 0 radical (unpaired) electrons. The molecule has 1 aromatic rings. The van der Waals surface area contributed by atoms with E-state index in [4.69, 9.17) is 4.74 Å². The van der Waals surface area contributed by atoms with Gasteiger partial charge in [-0.1, -0.05) is 11.3 Å². The van der Waals surface area contributed by atoms with Crippen LogP contribution in [0.3, 0.4) is 0 Å². The van der Waals surface area contributed by atoms with Gasteiger partial charge in [-0.15, -0.1) is 0 Å². The van der Waals surface area contributed by atoms with E-state index in [2.05, 4.69) is 26.2 Å². The number of hydrogen-bond acceptors (Lipinski definition) is 4. The minimum atomic E-state index is -0.508. The van der Waals surface area contributed by atoms with Crippen LogP contribution in [0.25, 0.3) is 0 Å². The average Bonchev–Trinajstić information content (AvgIpc) is 2.35. The molecule has 0 aromatic carbocycles. The van der Waals surface area contributed by atoms with Gasteiger partial charge in [0.15, 0.2) is 0 Å². The van der Waals surface area contributed by atoms with Crippen LogP contribution < -0.4 is 10.1 Å². The molecule has 0 fully saturated rings. The van der Waals surface area contributed by atoms with E-state index in [-0.39, 0.29) is 0 Å². The van der Waals surface area contributed by atoms with Crippen molar-refractivity contribution in [1.82, 2.24) is 10.3 Å². The Morgan fingerprint density at radius 3 is 3.09 bits per heavy atom. The zero-order valence-corrected chi connectivity index (χ0v) is 8.03. The molecule has 0 unspecified atom stereocenters. The molecule has 1 amide bonds. The van der Waals surface area contributed by atoms with Gasteiger partial charge in [-0.25, -0.2) is 9.78 Å². The van der Waals surface area contributed by atoms with Gasteiger partial charge < -0.3 is 10.1 Å². The van der Waals surface area contributed by atoms with Crippen molar-refractivity contribution in [3.05, 3.63) is 9.98 Å². The highest BCUT2D eigenvalue weighted by Crippen LogP contribution is 2.24. The van der Waals surface area contributed by atoms with Crippen molar-refractivity contribution >= 4 is 33.4 Å².